The van der Waals surface area contributed by atoms with E-state index in [0.29, 0.717) is 27.6 Å². The molecule has 1 heterocycles. The highest BCUT2D eigenvalue weighted by Gasteiger charge is 2.13. The predicted molar refractivity (Wildman–Crippen MR) is 89.1 cm³/mol. The molecule has 0 aliphatic carbocycles. The van der Waals surface area contributed by atoms with Gasteiger partial charge in [0.2, 0.25) is 17.7 Å². The van der Waals surface area contributed by atoms with Crippen LogP contribution in [0.15, 0.2) is 23.6 Å². The molecule has 0 atom stereocenters. The Balaban J connectivity index is 2.39. The number of carbonyl (C=O) groups excluding carboxylic acids is 3. The third kappa shape index (κ3) is 4.62. The van der Waals surface area contributed by atoms with Crippen LogP contribution in [0.25, 0.3) is 11.3 Å². The minimum Gasteiger partial charge on any atom is -0.369 e. The molecule has 2 aromatic rings. The Morgan fingerprint density at radius 3 is 2.48 bits per heavy atom. The van der Waals surface area contributed by atoms with Gasteiger partial charge in [0.1, 0.15) is 5.01 Å². The lowest BCUT2D eigenvalue weighted by molar-refractivity contribution is -0.117. The quantitative estimate of drug-likeness (QED) is 0.774. The lowest BCUT2D eigenvalue weighted by Gasteiger charge is -2.11. The van der Waals surface area contributed by atoms with E-state index in [1.807, 2.05) is 0 Å². The molecule has 0 radical (unpaired) electrons. The van der Waals surface area contributed by atoms with E-state index in [0.717, 1.165) is 0 Å². The number of rotatable bonds is 5. The number of anilines is 2. The second-order valence-electron chi connectivity index (χ2n) is 4.89. The molecule has 1 aromatic heterocycles. The van der Waals surface area contributed by atoms with Gasteiger partial charge < -0.3 is 16.4 Å². The van der Waals surface area contributed by atoms with Crippen LogP contribution in [0.1, 0.15) is 18.9 Å². The Labute approximate surface area is 136 Å². The molecule has 120 valence electrons. The Morgan fingerprint density at radius 1 is 1.17 bits per heavy atom. The molecule has 0 unspecified atom stereocenters. The van der Waals surface area contributed by atoms with Crippen LogP contribution < -0.4 is 16.4 Å². The first-order valence-electron chi connectivity index (χ1n) is 6.77. The SMILES string of the molecule is CC(=O)Nc1ccc(-c2csc(CC(N)=O)n2)c(NC(C)=O)c1. The van der Waals surface area contributed by atoms with Crippen molar-refractivity contribution in [2.45, 2.75) is 20.3 Å². The zero-order valence-electron chi connectivity index (χ0n) is 12.7. The maximum absolute atomic E-state index is 11.4. The van der Waals surface area contributed by atoms with Crippen molar-refractivity contribution in [2.24, 2.45) is 5.73 Å². The number of aromatic nitrogens is 1. The summed E-state index contributed by atoms with van der Waals surface area (Å²) in [5.41, 5.74) is 7.58. The number of hydrogen-bond donors (Lipinski definition) is 3. The lowest BCUT2D eigenvalue weighted by atomic mass is 10.1. The standard InChI is InChI=1S/C15H16N4O3S/c1-8(20)17-10-3-4-11(12(5-10)18-9(2)21)13-7-23-15(19-13)6-14(16)22/h3-5,7H,6H2,1-2H3,(H2,16,22)(H,17,20)(H,18,21). The minimum atomic E-state index is -0.450. The molecule has 0 aliphatic heterocycles. The average molecular weight is 332 g/mol. The van der Waals surface area contributed by atoms with Gasteiger partial charge in [0.15, 0.2) is 0 Å². The van der Waals surface area contributed by atoms with Crippen molar-refractivity contribution in [1.29, 1.82) is 0 Å². The number of amides is 3. The summed E-state index contributed by atoms with van der Waals surface area (Å²) in [6, 6.07) is 5.13. The van der Waals surface area contributed by atoms with Crippen LogP contribution in [-0.4, -0.2) is 22.7 Å². The topological polar surface area (TPSA) is 114 Å². The Hall–Kier alpha value is -2.74. The van der Waals surface area contributed by atoms with Crippen molar-refractivity contribution in [3.05, 3.63) is 28.6 Å². The fourth-order valence-electron chi connectivity index (χ4n) is 2.01. The number of nitrogens with one attached hydrogen (secondary N) is 2. The smallest absolute Gasteiger partial charge is 0.224 e. The van der Waals surface area contributed by atoms with E-state index < -0.39 is 5.91 Å². The summed E-state index contributed by atoms with van der Waals surface area (Å²) in [4.78, 5) is 37.9. The summed E-state index contributed by atoms with van der Waals surface area (Å²) < 4.78 is 0. The Bertz CT molecular complexity index is 770. The first kappa shape index (κ1) is 16.6. The number of benzene rings is 1. The van der Waals surface area contributed by atoms with Gasteiger partial charge in [-0.1, -0.05) is 0 Å². The van der Waals surface area contributed by atoms with Crippen LogP contribution >= 0.6 is 11.3 Å². The van der Waals surface area contributed by atoms with E-state index in [4.69, 9.17) is 5.73 Å². The Kier molecular flexibility index (Phi) is 5.07. The molecule has 7 nitrogen and oxygen atoms in total. The Morgan fingerprint density at radius 2 is 1.87 bits per heavy atom. The largest absolute Gasteiger partial charge is 0.369 e. The maximum Gasteiger partial charge on any atom is 0.224 e. The van der Waals surface area contributed by atoms with E-state index in [1.54, 1.807) is 23.6 Å². The number of hydrogen-bond acceptors (Lipinski definition) is 5. The molecule has 8 heteroatoms. The van der Waals surface area contributed by atoms with Gasteiger partial charge in [-0.3, -0.25) is 14.4 Å². The molecule has 4 N–H and O–H groups in total. The van der Waals surface area contributed by atoms with Gasteiger partial charge >= 0.3 is 0 Å². The molecule has 0 spiro atoms. The van der Waals surface area contributed by atoms with Gasteiger partial charge in [0.05, 0.1) is 17.8 Å². The summed E-state index contributed by atoms with van der Waals surface area (Å²) in [5, 5.41) is 7.77. The van der Waals surface area contributed by atoms with Crippen LogP contribution in [-0.2, 0) is 20.8 Å². The summed E-state index contributed by atoms with van der Waals surface area (Å²) >= 11 is 1.32. The molecule has 2 rings (SSSR count). The van der Waals surface area contributed by atoms with Crippen LogP contribution in [0.4, 0.5) is 11.4 Å². The van der Waals surface area contributed by atoms with Crippen molar-refractivity contribution < 1.29 is 14.4 Å². The summed E-state index contributed by atoms with van der Waals surface area (Å²) in [5.74, 6) is -0.892. The van der Waals surface area contributed by atoms with Crippen LogP contribution in [0.5, 0.6) is 0 Å². The van der Waals surface area contributed by atoms with Crippen LogP contribution in [0.2, 0.25) is 0 Å². The van der Waals surface area contributed by atoms with Crippen molar-refractivity contribution in [1.82, 2.24) is 4.98 Å². The zero-order valence-corrected chi connectivity index (χ0v) is 13.5. The summed E-state index contributed by atoms with van der Waals surface area (Å²) in [6.07, 6.45) is 0.0735. The van der Waals surface area contributed by atoms with Crippen molar-refractivity contribution in [2.75, 3.05) is 10.6 Å². The molecule has 0 saturated carbocycles. The number of nitrogens with zero attached hydrogens (tertiary/aromatic N) is 1. The molecule has 23 heavy (non-hydrogen) atoms. The average Bonchev–Trinajstić information content (AvgIpc) is 2.85. The zero-order chi connectivity index (χ0) is 17.0. The lowest BCUT2D eigenvalue weighted by Crippen LogP contribution is -2.13. The van der Waals surface area contributed by atoms with Crippen molar-refractivity contribution in [3.63, 3.8) is 0 Å². The van der Waals surface area contributed by atoms with Gasteiger partial charge in [0.25, 0.3) is 0 Å². The third-order valence-corrected chi connectivity index (χ3v) is 3.65. The van der Waals surface area contributed by atoms with Gasteiger partial charge in [-0.05, 0) is 18.2 Å². The number of primary amides is 1. The number of nitrogens with two attached hydrogens (primary N) is 1. The number of carbonyl (C=O) groups is 3. The highest BCUT2D eigenvalue weighted by Crippen LogP contribution is 2.31. The fraction of sp³-hybridized carbons (Fsp3) is 0.200. The maximum atomic E-state index is 11.4. The summed E-state index contributed by atoms with van der Waals surface area (Å²) in [7, 11) is 0. The van der Waals surface area contributed by atoms with Crippen molar-refractivity contribution >= 4 is 40.4 Å². The predicted octanol–water partition coefficient (Wildman–Crippen LogP) is 1.75. The summed E-state index contributed by atoms with van der Waals surface area (Å²) in [6.45, 7) is 2.80. The van der Waals surface area contributed by atoms with E-state index in [9.17, 15) is 14.4 Å². The molecule has 3 amide bonds. The molecular weight excluding hydrogens is 316 g/mol. The second kappa shape index (κ2) is 7.01. The molecule has 0 bridgehead atoms. The molecule has 0 aliphatic rings. The van der Waals surface area contributed by atoms with Crippen molar-refractivity contribution in [3.8, 4) is 11.3 Å². The molecular formula is C15H16N4O3S. The highest BCUT2D eigenvalue weighted by atomic mass is 32.1. The number of thiazole rings is 1. The molecule has 1 aromatic carbocycles. The minimum absolute atomic E-state index is 0.0735. The van der Waals surface area contributed by atoms with Gasteiger partial charge in [-0.15, -0.1) is 11.3 Å². The first-order valence-corrected chi connectivity index (χ1v) is 7.65. The normalized spacial score (nSPS) is 10.2. The first-order chi connectivity index (χ1) is 10.8. The van der Waals surface area contributed by atoms with E-state index in [1.165, 1.54) is 25.2 Å². The third-order valence-electron chi connectivity index (χ3n) is 2.80. The van der Waals surface area contributed by atoms with Gasteiger partial charge in [-0.2, -0.15) is 0 Å². The van der Waals surface area contributed by atoms with E-state index in [2.05, 4.69) is 15.6 Å². The van der Waals surface area contributed by atoms with Crippen LogP contribution in [0, 0.1) is 0 Å². The second-order valence-corrected chi connectivity index (χ2v) is 5.83. The monoisotopic (exact) mass is 332 g/mol. The van der Waals surface area contributed by atoms with E-state index >= 15 is 0 Å². The van der Waals surface area contributed by atoms with Gasteiger partial charge in [-0.25, -0.2) is 4.98 Å². The molecule has 0 saturated heterocycles. The highest BCUT2D eigenvalue weighted by molar-refractivity contribution is 7.10. The fourth-order valence-corrected chi connectivity index (χ4v) is 2.81. The van der Waals surface area contributed by atoms with Gasteiger partial charge in [0, 0.05) is 30.5 Å². The van der Waals surface area contributed by atoms with Crippen LogP contribution in [0.3, 0.4) is 0 Å². The molecule has 0 fully saturated rings. The van der Waals surface area contributed by atoms with E-state index in [-0.39, 0.29) is 18.2 Å².